The van der Waals surface area contributed by atoms with E-state index in [9.17, 15) is 9.59 Å². The van der Waals surface area contributed by atoms with Crippen LogP contribution in [0.4, 0.5) is 0 Å². The molecule has 0 saturated carbocycles. The number of hydrogen-bond donors (Lipinski definition) is 0. The second kappa shape index (κ2) is 8.68. The van der Waals surface area contributed by atoms with E-state index < -0.39 is 5.97 Å². The van der Waals surface area contributed by atoms with Crippen LogP contribution in [-0.4, -0.2) is 30.5 Å². The van der Waals surface area contributed by atoms with Crippen molar-refractivity contribution in [1.82, 2.24) is 4.57 Å². The van der Waals surface area contributed by atoms with Gasteiger partial charge in [0.2, 0.25) is 5.78 Å². The Morgan fingerprint density at radius 2 is 1.71 bits per heavy atom. The van der Waals surface area contributed by atoms with Gasteiger partial charge in [-0.25, -0.2) is 4.79 Å². The third-order valence-corrected chi connectivity index (χ3v) is 6.00. The molecule has 1 aliphatic heterocycles. The van der Waals surface area contributed by atoms with E-state index in [-0.39, 0.29) is 22.9 Å². The number of ketones is 1. The molecule has 4 aromatic rings. The zero-order valence-electron chi connectivity index (χ0n) is 19.7. The molecule has 1 aromatic heterocycles. The summed E-state index contributed by atoms with van der Waals surface area (Å²) in [6.45, 7) is 1.78. The number of para-hydroxylation sites is 1. The monoisotopic (exact) mass is 469 g/mol. The van der Waals surface area contributed by atoms with E-state index in [1.54, 1.807) is 43.3 Å². The molecule has 0 saturated heterocycles. The van der Waals surface area contributed by atoms with Crippen molar-refractivity contribution in [2.75, 3.05) is 14.2 Å². The van der Waals surface area contributed by atoms with Crippen LogP contribution < -0.4 is 18.9 Å². The molecule has 0 N–H and O–H groups in total. The van der Waals surface area contributed by atoms with Gasteiger partial charge in [-0.15, -0.1) is 0 Å². The number of aromatic nitrogens is 1. The lowest BCUT2D eigenvalue weighted by atomic mass is 10.0. The summed E-state index contributed by atoms with van der Waals surface area (Å²) in [7, 11) is 4.89. The first-order chi connectivity index (χ1) is 16.9. The van der Waals surface area contributed by atoms with E-state index in [4.69, 9.17) is 18.9 Å². The van der Waals surface area contributed by atoms with Gasteiger partial charge in [0.1, 0.15) is 28.6 Å². The van der Waals surface area contributed by atoms with Gasteiger partial charge in [-0.05, 0) is 42.8 Å². The van der Waals surface area contributed by atoms with E-state index in [1.807, 2.05) is 42.1 Å². The van der Waals surface area contributed by atoms with Gasteiger partial charge in [-0.2, -0.15) is 0 Å². The maximum Gasteiger partial charge on any atom is 0.351 e. The van der Waals surface area contributed by atoms with E-state index >= 15 is 0 Å². The smallest absolute Gasteiger partial charge is 0.351 e. The number of allylic oxidation sites excluding steroid dienone is 1. The highest BCUT2D eigenvalue weighted by atomic mass is 16.5. The minimum Gasteiger partial charge on any atom is -0.496 e. The molecule has 5 rings (SSSR count). The number of esters is 1. The van der Waals surface area contributed by atoms with Crippen LogP contribution in [0.5, 0.6) is 23.0 Å². The first kappa shape index (κ1) is 22.3. The fourth-order valence-electron chi connectivity index (χ4n) is 4.38. The minimum atomic E-state index is -0.644. The minimum absolute atomic E-state index is 0.171. The normalized spacial score (nSPS) is 13.6. The number of benzene rings is 3. The lowest BCUT2D eigenvalue weighted by molar-refractivity contribution is 0.0727. The van der Waals surface area contributed by atoms with Gasteiger partial charge in [-0.1, -0.05) is 24.3 Å². The SMILES string of the molecule is COc1cccc(OC)c1C(=O)Oc1cc(C)c2c(c1)O/C(=C\c1cn(C)c3ccccc13)C2=O. The number of ether oxygens (including phenoxy) is 4. The highest BCUT2D eigenvalue weighted by molar-refractivity contribution is 6.16. The van der Waals surface area contributed by atoms with Crippen LogP contribution in [0.3, 0.4) is 0 Å². The summed E-state index contributed by atoms with van der Waals surface area (Å²) in [4.78, 5) is 26.1. The molecule has 7 heteroatoms. The average Bonchev–Trinajstić information content (AvgIpc) is 3.34. The highest BCUT2D eigenvalue weighted by Crippen LogP contribution is 2.39. The second-order valence-electron chi connectivity index (χ2n) is 8.19. The summed E-state index contributed by atoms with van der Waals surface area (Å²) < 4.78 is 24.2. The van der Waals surface area contributed by atoms with Crippen LogP contribution in [0.2, 0.25) is 0 Å². The lowest BCUT2D eigenvalue weighted by Gasteiger charge is -2.13. The molecule has 0 fully saturated rings. The molecule has 0 spiro atoms. The van der Waals surface area contributed by atoms with Crippen LogP contribution >= 0.6 is 0 Å². The first-order valence-corrected chi connectivity index (χ1v) is 11.0. The zero-order chi connectivity index (χ0) is 24.7. The number of rotatable bonds is 5. The first-order valence-electron chi connectivity index (χ1n) is 11.0. The van der Waals surface area contributed by atoms with Crippen LogP contribution in [0.25, 0.3) is 17.0 Å². The summed E-state index contributed by atoms with van der Waals surface area (Å²) in [5.41, 5.74) is 3.20. The van der Waals surface area contributed by atoms with E-state index in [0.29, 0.717) is 28.4 Å². The number of methoxy groups -OCH3 is 2. The summed E-state index contributed by atoms with van der Waals surface area (Å²) in [6.07, 6.45) is 3.70. The van der Waals surface area contributed by atoms with Gasteiger partial charge < -0.3 is 23.5 Å². The van der Waals surface area contributed by atoms with Crippen molar-refractivity contribution in [3.63, 3.8) is 0 Å². The number of aryl methyl sites for hydroxylation is 2. The third-order valence-electron chi connectivity index (χ3n) is 6.00. The lowest BCUT2D eigenvalue weighted by Crippen LogP contribution is -2.12. The van der Waals surface area contributed by atoms with Gasteiger partial charge in [0.05, 0.1) is 19.8 Å². The maximum atomic E-state index is 13.1. The van der Waals surface area contributed by atoms with Crippen LogP contribution in [0, 0.1) is 6.92 Å². The van der Waals surface area contributed by atoms with Crippen LogP contribution in [0.1, 0.15) is 31.8 Å². The molecule has 0 aliphatic carbocycles. The summed E-state index contributed by atoms with van der Waals surface area (Å²) in [6, 6.07) is 16.2. The molecule has 0 unspecified atom stereocenters. The molecule has 176 valence electrons. The third kappa shape index (κ3) is 3.81. The predicted octanol–water partition coefficient (Wildman–Crippen LogP) is 5.34. The standard InChI is InChI=1S/C28H23NO6/c1-16-12-18(34-28(31)26-21(32-3)10-7-11-22(26)33-4)14-23-25(16)27(30)24(35-23)13-17-15-29(2)20-9-6-5-8-19(17)20/h5-15H,1-4H3/b24-13-. The highest BCUT2D eigenvalue weighted by Gasteiger charge is 2.31. The molecule has 0 radical (unpaired) electrons. The Morgan fingerprint density at radius 3 is 2.43 bits per heavy atom. The molecule has 3 aromatic carbocycles. The number of carbonyl (C=O) groups is 2. The van der Waals surface area contributed by atoms with E-state index in [2.05, 4.69) is 0 Å². The van der Waals surface area contributed by atoms with Crippen molar-refractivity contribution >= 4 is 28.7 Å². The number of nitrogens with zero attached hydrogens (tertiary/aromatic N) is 1. The molecular formula is C28H23NO6. The summed E-state index contributed by atoms with van der Waals surface area (Å²) >= 11 is 0. The molecule has 7 nitrogen and oxygen atoms in total. The quantitative estimate of drug-likeness (QED) is 0.223. The van der Waals surface area contributed by atoms with Crippen LogP contribution in [-0.2, 0) is 7.05 Å². The summed E-state index contributed by atoms with van der Waals surface area (Å²) in [5, 5.41) is 1.02. The second-order valence-corrected chi connectivity index (χ2v) is 8.19. The molecule has 0 atom stereocenters. The number of fused-ring (bicyclic) bond motifs is 2. The average molecular weight is 469 g/mol. The van der Waals surface area contributed by atoms with Gasteiger partial charge in [0, 0.05) is 35.8 Å². The van der Waals surface area contributed by atoms with Crippen molar-refractivity contribution in [2.24, 2.45) is 7.05 Å². The molecule has 0 amide bonds. The predicted molar refractivity (Wildman–Crippen MR) is 132 cm³/mol. The molecule has 0 bridgehead atoms. The fraction of sp³-hybridized carbons (Fsp3) is 0.143. The van der Waals surface area contributed by atoms with Crippen molar-refractivity contribution < 1.29 is 28.5 Å². The number of hydrogen-bond acceptors (Lipinski definition) is 6. The Labute approximate surface area is 202 Å². The Kier molecular flexibility index (Phi) is 5.53. The Hall–Kier alpha value is -4.52. The van der Waals surface area contributed by atoms with E-state index in [0.717, 1.165) is 16.5 Å². The number of Topliss-reactive ketones (excluding diaryl/α,β-unsaturated/α-hetero) is 1. The van der Waals surface area contributed by atoms with Crippen molar-refractivity contribution in [3.05, 3.63) is 88.8 Å². The molecule has 35 heavy (non-hydrogen) atoms. The van der Waals surface area contributed by atoms with Crippen LogP contribution in [0.15, 0.2) is 66.6 Å². The summed E-state index contributed by atoms with van der Waals surface area (Å²) in [5.74, 6) is 0.617. The molecular weight excluding hydrogens is 446 g/mol. The molecule has 2 heterocycles. The Balaban J connectivity index is 1.47. The van der Waals surface area contributed by atoms with Crippen molar-refractivity contribution in [3.8, 4) is 23.0 Å². The Morgan fingerprint density at radius 1 is 1.00 bits per heavy atom. The van der Waals surface area contributed by atoms with Crippen molar-refractivity contribution in [1.29, 1.82) is 0 Å². The zero-order valence-corrected chi connectivity index (χ0v) is 19.7. The van der Waals surface area contributed by atoms with Gasteiger partial charge >= 0.3 is 5.97 Å². The maximum absolute atomic E-state index is 13.1. The van der Waals surface area contributed by atoms with Crippen molar-refractivity contribution in [2.45, 2.75) is 6.92 Å². The van der Waals surface area contributed by atoms with Gasteiger partial charge in [0.15, 0.2) is 5.76 Å². The van der Waals surface area contributed by atoms with Gasteiger partial charge in [0.25, 0.3) is 0 Å². The topological polar surface area (TPSA) is 76.0 Å². The number of carbonyl (C=O) groups excluding carboxylic acids is 2. The van der Waals surface area contributed by atoms with E-state index in [1.165, 1.54) is 14.2 Å². The Bertz CT molecular complexity index is 1510. The van der Waals surface area contributed by atoms with Gasteiger partial charge in [-0.3, -0.25) is 4.79 Å². The fourth-order valence-corrected chi connectivity index (χ4v) is 4.38. The molecule has 1 aliphatic rings. The largest absolute Gasteiger partial charge is 0.496 e.